The molecule has 0 saturated heterocycles. The predicted octanol–water partition coefficient (Wildman–Crippen LogP) is 3.77. The number of hydrogen-bond donors (Lipinski definition) is 1. The quantitative estimate of drug-likeness (QED) is 0.692. The Kier molecular flexibility index (Phi) is 5.60. The summed E-state index contributed by atoms with van der Waals surface area (Å²) < 4.78 is 7.54. The van der Waals surface area contributed by atoms with Gasteiger partial charge < -0.3 is 14.4 Å². The first-order valence-corrected chi connectivity index (χ1v) is 9.04. The monoisotopic (exact) mass is 365 g/mol. The van der Waals surface area contributed by atoms with Gasteiger partial charge >= 0.3 is 5.97 Å². The number of aryl methyl sites for hydroxylation is 2. The van der Waals surface area contributed by atoms with Gasteiger partial charge in [-0.25, -0.2) is 0 Å². The summed E-state index contributed by atoms with van der Waals surface area (Å²) in [6.45, 7) is 4.73. The second-order valence-electron chi connectivity index (χ2n) is 6.56. The van der Waals surface area contributed by atoms with Gasteiger partial charge in [0, 0.05) is 30.1 Å². The van der Waals surface area contributed by atoms with Crippen molar-refractivity contribution in [1.29, 1.82) is 0 Å². The van der Waals surface area contributed by atoms with Crippen LogP contribution in [0.25, 0.3) is 10.9 Å². The highest BCUT2D eigenvalue weighted by Crippen LogP contribution is 2.22. The van der Waals surface area contributed by atoms with Gasteiger partial charge in [-0.05, 0) is 37.6 Å². The minimum atomic E-state index is -0.864. The summed E-state index contributed by atoms with van der Waals surface area (Å²) in [6, 6.07) is 13.4. The lowest BCUT2D eigenvalue weighted by Gasteiger charge is -2.15. The molecule has 3 aromatic rings. The third-order valence-corrected chi connectivity index (χ3v) is 4.53. The molecule has 0 aliphatic carbocycles. The predicted molar refractivity (Wildman–Crippen MR) is 106 cm³/mol. The number of pyridine rings is 1. The molecule has 0 saturated carbocycles. The van der Waals surface area contributed by atoms with Crippen LogP contribution in [0.1, 0.15) is 30.0 Å². The van der Waals surface area contributed by atoms with Crippen molar-refractivity contribution in [2.45, 2.75) is 33.2 Å². The van der Waals surface area contributed by atoms with Gasteiger partial charge in [-0.3, -0.25) is 9.59 Å². The van der Waals surface area contributed by atoms with E-state index in [4.69, 9.17) is 9.84 Å². The molecule has 3 rings (SSSR count). The maximum atomic E-state index is 13.1. The molecule has 0 fully saturated rings. The van der Waals surface area contributed by atoms with Crippen molar-refractivity contribution in [2.24, 2.45) is 0 Å². The zero-order valence-electron chi connectivity index (χ0n) is 15.6. The Morgan fingerprint density at radius 2 is 1.93 bits per heavy atom. The van der Waals surface area contributed by atoms with Gasteiger partial charge in [0.25, 0.3) is 0 Å². The molecule has 0 aliphatic heterocycles. The molecule has 0 bridgehead atoms. The Bertz CT molecular complexity index is 1040. The van der Waals surface area contributed by atoms with E-state index >= 15 is 0 Å². The first-order chi connectivity index (χ1) is 13.0. The Morgan fingerprint density at radius 1 is 1.15 bits per heavy atom. The number of aromatic nitrogens is 1. The van der Waals surface area contributed by atoms with Crippen LogP contribution in [0.5, 0.6) is 5.75 Å². The third kappa shape index (κ3) is 4.19. The van der Waals surface area contributed by atoms with Crippen molar-refractivity contribution in [2.75, 3.05) is 6.61 Å². The lowest BCUT2D eigenvalue weighted by Crippen LogP contribution is -2.17. The lowest BCUT2D eigenvalue weighted by atomic mass is 10.0. The van der Waals surface area contributed by atoms with Crippen LogP contribution in [-0.2, 0) is 17.8 Å². The van der Waals surface area contributed by atoms with Crippen molar-refractivity contribution in [3.8, 4) is 5.75 Å². The largest absolute Gasteiger partial charge is 0.494 e. The second kappa shape index (κ2) is 8.08. The molecule has 0 radical (unpaired) electrons. The second-order valence-corrected chi connectivity index (χ2v) is 6.56. The average Bonchev–Trinajstić information content (AvgIpc) is 2.64. The number of rotatable bonds is 7. The van der Waals surface area contributed by atoms with Crippen molar-refractivity contribution < 1.29 is 14.6 Å². The standard InChI is InChI=1S/C22H23NO4/c1-3-27-20-7-5-4-6-16(20)13-17-14-23(11-10-21(24)25)19-9-8-15(2)12-18(19)22(17)26/h4-9,12,14H,3,10-11,13H2,1-2H3,(H,24,25). The van der Waals surface area contributed by atoms with Crippen LogP contribution < -0.4 is 10.2 Å². The van der Waals surface area contributed by atoms with Crippen LogP contribution in [0, 0.1) is 6.92 Å². The topological polar surface area (TPSA) is 68.5 Å². The summed E-state index contributed by atoms with van der Waals surface area (Å²) in [5.74, 6) is -0.0990. The Balaban J connectivity index is 2.11. The molecule has 5 heteroatoms. The smallest absolute Gasteiger partial charge is 0.305 e. The van der Waals surface area contributed by atoms with E-state index in [1.165, 1.54) is 0 Å². The van der Waals surface area contributed by atoms with Crippen molar-refractivity contribution in [3.05, 3.63) is 75.6 Å². The van der Waals surface area contributed by atoms with Crippen molar-refractivity contribution in [1.82, 2.24) is 4.57 Å². The van der Waals surface area contributed by atoms with E-state index in [0.717, 1.165) is 22.4 Å². The van der Waals surface area contributed by atoms with Crippen molar-refractivity contribution >= 4 is 16.9 Å². The first-order valence-electron chi connectivity index (χ1n) is 9.04. The number of carboxylic acid groups (broad SMARTS) is 1. The molecular formula is C22H23NO4. The van der Waals surface area contributed by atoms with Gasteiger partial charge in [0.05, 0.1) is 18.5 Å². The molecule has 2 aromatic carbocycles. The van der Waals surface area contributed by atoms with Crippen LogP contribution in [0.3, 0.4) is 0 Å². The SMILES string of the molecule is CCOc1ccccc1Cc1cn(CCC(=O)O)c2ccc(C)cc2c1=O. The van der Waals surface area contributed by atoms with Gasteiger partial charge in [-0.1, -0.05) is 29.8 Å². The maximum absolute atomic E-state index is 13.1. The number of benzene rings is 2. The first kappa shape index (κ1) is 18.7. The maximum Gasteiger partial charge on any atom is 0.305 e. The summed E-state index contributed by atoms with van der Waals surface area (Å²) in [5.41, 5.74) is 3.30. The molecule has 1 aromatic heterocycles. The van der Waals surface area contributed by atoms with Crippen LogP contribution in [0.4, 0.5) is 0 Å². The van der Waals surface area contributed by atoms with E-state index in [2.05, 4.69) is 0 Å². The fourth-order valence-electron chi connectivity index (χ4n) is 3.25. The Morgan fingerprint density at radius 3 is 2.67 bits per heavy atom. The molecule has 0 spiro atoms. The summed E-state index contributed by atoms with van der Waals surface area (Å²) in [7, 11) is 0. The van der Waals surface area contributed by atoms with E-state index in [-0.39, 0.29) is 11.8 Å². The van der Waals surface area contributed by atoms with Gasteiger partial charge in [-0.2, -0.15) is 0 Å². The van der Waals surface area contributed by atoms with E-state index in [1.54, 1.807) is 6.20 Å². The number of aliphatic carboxylic acids is 1. The number of carbonyl (C=O) groups is 1. The highest BCUT2D eigenvalue weighted by molar-refractivity contribution is 5.80. The summed E-state index contributed by atoms with van der Waals surface area (Å²) >= 11 is 0. The van der Waals surface area contributed by atoms with Crippen LogP contribution in [0.2, 0.25) is 0 Å². The van der Waals surface area contributed by atoms with E-state index in [1.807, 2.05) is 60.9 Å². The normalized spacial score (nSPS) is 10.9. The van der Waals surface area contributed by atoms with Gasteiger partial charge in [-0.15, -0.1) is 0 Å². The summed E-state index contributed by atoms with van der Waals surface area (Å²) in [4.78, 5) is 24.1. The molecule has 140 valence electrons. The molecule has 1 heterocycles. The number of fused-ring (bicyclic) bond motifs is 1. The van der Waals surface area contributed by atoms with Crippen molar-refractivity contribution in [3.63, 3.8) is 0 Å². The fourth-order valence-corrected chi connectivity index (χ4v) is 3.25. The molecule has 0 aliphatic rings. The minimum Gasteiger partial charge on any atom is -0.494 e. The van der Waals surface area contributed by atoms with E-state index < -0.39 is 5.97 Å². The third-order valence-electron chi connectivity index (χ3n) is 4.53. The molecular weight excluding hydrogens is 342 g/mol. The lowest BCUT2D eigenvalue weighted by molar-refractivity contribution is -0.137. The number of carboxylic acids is 1. The Labute approximate surface area is 157 Å². The summed E-state index contributed by atoms with van der Waals surface area (Å²) in [6.07, 6.45) is 2.22. The highest BCUT2D eigenvalue weighted by atomic mass is 16.5. The Hall–Kier alpha value is -3.08. The molecule has 27 heavy (non-hydrogen) atoms. The highest BCUT2D eigenvalue weighted by Gasteiger charge is 2.13. The zero-order chi connectivity index (χ0) is 19.4. The van der Waals surface area contributed by atoms with Crippen LogP contribution >= 0.6 is 0 Å². The van der Waals surface area contributed by atoms with Gasteiger partial charge in [0.15, 0.2) is 5.43 Å². The molecule has 0 amide bonds. The number of ether oxygens (including phenoxy) is 1. The molecule has 0 unspecified atom stereocenters. The molecule has 1 N–H and O–H groups in total. The number of nitrogens with zero attached hydrogens (tertiary/aromatic N) is 1. The minimum absolute atomic E-state index is 0.000813. The number of para-hydroxylation sites is 1. The fraction of sp³-hybridized carbons (Fsp3) is 0.273. The molecule has 5 nitrogen and oxygen atoms in total. The van der Waals surface area contributed by atoms with Gasteiger partial charge in [0.1, 0.15) is 5.75 Å². The van der Waals surface area contributed by atoms with Crippen LogP contribution in [-0.4, -0.2) is 22.2 Å². The average molecular weight is 365 g/mol. The van der Waals surface area contributed by atoms with Crippen LogP contribution in [0.15, 0.2) is 53.5 Å². The van der Waals surface area contributed by atoms with Gasteiger partial charge in [0.2, 0.25) is 0 Å². The van der Waals surface area contributed by atoms with E-state index in [9.17, 15) is 9.59 Å². The zero-order valence-corrected chi connectivity index (χ0v) is 15.6. The number of hydrogen-bond acceptors (Lipinski definition) is 3. The molecule has 0 atom stereocenters. The van der Waals surface area contributed by atoms with E-state index in [0.29, 0.717) is 30.5 Å². The summed E-state index contributed by atoms with van der Waals surface area (Å²) in [5, 5.41) is 9.67.